The fraction of sp³-hybridized carbons (Fsp3) is 0.125. The van der Waals surface area contributed by atoms with Crippen LogP contribution < -0.4 is 4.74 Å². The largest absolute Gasteiger partial charge is 0.496 e. The lowest BCUT2D eigenvalue weighted by atomic mass is 10.0. The summed E-state index contributed by atoms with van der Waals surface area (Å²) in [7, 11) is -3.19. The van der Waals surface area contributed by atoms with Crippen molar-refractivity contribution in [2.24, 2.45) is 0 Å². The number of hydrogen-bond acceptors (Lipinski definition) is 5. The van der Waals surface area contributed by atoms with E-state index in [4.69, 9.17) is 4.74 Å². The van der Waals surface area contributed by atoms with E-state index in [2.05, 4.69) is 32.6 Å². The van der Waals surface area contributed by atoms with Crippen molar-refractivity contribution in [2.75, 3.05) is 7.11 Å². The van der Waals surface area contributed by atoms with Gasteiger partial charge in [0.15, 0.2) is 0 Å². The van der Waals surface area contributed by atoms with Gasteiger partial charge in [-0.2, -0.15) is 8.42 Å². The molecule has 3 aromatic rings. The minimum absolute atomic E-state index is 0.357. The van der Waals surface area contributed by atoms with Crippen LogP contribution in [0.3, 0.4) is 0 Å². The van der Waals surface area contributed by atoms with Gasteiger partial charge >= 0.3 is 10.2 Å². The Bertz CT molecular complexity index is 1050. The molecular formula is C16H12FIN2O3S. The zero-order valence-electron chi connectivity index (χ0n) is 12.7. The summed E-state index contributed by atoms with van der Waals surface area (Å²) in [5, 5.41) is 0.635. The number of ether oxygens (including phenoxy) is 1. The zero-order valence-corrected chi connectivity index (χ0v) is 15.7. The molecule has 8 heteroatoms. The fourth-order valence-corrected chi connectivity index (χ4v) is 3.79. The second-order valence-electron chi connectivity index (χ2n) is 5.14. The van der Waals surface area contributed by atoms with Crippen molar-refractivity contribution in [1.29, 1.82) is 0 Å². The molecule has 3 rings (SSSR count). The van der Waals surface area contributed by atoms with Crippen LogP contribution >= 0.6 is 22.6 Å². The number of aromatic nitrogens is 2. The molecule has 1 aromatic heterocycles. The van der Waals surface area contributed by atoms with Crippen molar-refractivity contribution in [3.05, 3.63) is 45.8 Å². The van der Waals surface area contributed by atoms with Crippen molar-refractivity contribution in [3.63, 3.8) is 0 Å². The van der Waals surface area contributed by atoms with Gasteiger partial charge in [0.25, 0.3) is 0 Å². The number of rotatable bonds is 3. The molecule has 0 aliphatic heterocycles. The Labute approximate surface area is 152 Å². The van der Waals surface area contributed by atoms with Gasteiger partial charge in [-0.15, -0.1) is 3.89 Å². The van der Waals surface area contributed by atoms with E-state index >= 15 is 0 Å². The quantitative estimate of drug-likeness (QED) is 0.440. The van der Waals surface area contributed by atoms with Crippen molar-refractivity contribution < 1.29 is 17.0 Å². The van der Waals surface area contributed by atoms with Gasteiger partial charge in [0, 0.05) is 10.9 Å². The highest BCUT2D eigenvalue weighted by Crippen LogP contribution is 2.34. The van der Waals surface area contributed by atoms with E-state index in [1.165, 1.54) is 24.5 Å². The van der Waals surface area contributed by atoms with Crippen LogP contribution in [0.4, 0.5) is 3.89 Å². The minimum Gasteiger partial charge on any atom is -0.496 e. The monoisotopic (exact) mass is 458 g/mol. The molecular weight excluding hydrogens is 446 g/mol. The second-order valence-corrected chi connectivity index (χ2v) is 7.65. The number of hydrogen-bond donors (Lipinski definition) is 0. The molecule has 0 aliphatic carbocycles. The first-order valence-corrected chi connectivity index (χ1v) is 9.31. The van der Waals surface area contributed by atoms with E-state index in [0.29, 0.717) is 22.3 Å². The van der Waals surface area contributed by atoms with E-state index in [9.17, 15) is 12.3 Å². The third kappa shape index (κ3) is 3.07. The van der Waals surface area contributed by atoms with Gasteiger partial charge in [-0.25, -0.2) is 9.97 Å². The van der Waals surface area contributed by atoms with Gasteiger partial charge in [-0.05, 0) is 65.4 Å². The second kappa shape index (κ2) is 6.25. The van der Waals surface area contributed by atoms with Crippen LogP contribution in [0.15, 0.2) is 41.6 Å². The number of methoxy groups -OCH3 is 1. The lowest BCUT2D eigenvalue weighted by Gasteiger charge is -2.12. The molecule has 0 amide bonds. The Kier molecular flexibility index (Phi) is 4.43. The number of nitrogens with zero attached hydrogens (tertiary/aromatic N) is 2. The first-order chi connectivity index (χ1) is 11.3. The smallest absolute Gasteiger partial charge is 0.332 e. The summed E-state index contributed by atoms with van der Waals surface area (Å²) in [6, 6.07) is 7.78. The average Bonchev–Trinajstić information content (AvgIpc) is 2.53. The Hall–Kier alpha value is -1.81. The highest BCUT2D eigenvalue weighted by molar-refractivity contribution is 14.1. The van der Waals surface area contributed by atoms with Gasteiger partial charge < -0.3 is 4.74 Å². The summed E-state index contributed by atoms with van der Waals surface area (Å²) in [5.74, 6) is 0.714. The number of benzene rings is 2. The van der Waals surface area contributed by atoms with Gasteiger partial charge in [-0.3, -0.25) is 0 Å². The maximum Gasteiger partial charge on any atom is 0.332 e. The number of fused-ring (bicyclic) bond motifs is 1. The van der Waals surface area contributed by atoms with Gasteiger partial charge in [0.1, 0.15) is 17.0 Å². The SMILES string of the molecule is COc1cc(-c2ncnc3cc(S(=O)(=O)F)ccc23)c(C)cc1I. The molecule has 124 valence electrons. The first kappa shape index (κ1) is 17.0. The minimum atomic E-state index is -4.78. The number of halogens is 2. The van der Waals surface area contributed by atoms with Crippen molar-refractivity contribution in [2.45, 2.75) is 11.8 Å². The molecule has 5 nitrogen and oxygen atoms in total. The molecule has 0 saturated carbocycles. The lowest BCUT2D eigenvalue weighted by Crippen LogP contribution is -1.97. The summed E-state index contributed by atoms with van der Waals surface area (Å²) in [6.45, 7) is 1.95. The topological polar surface area (TPSA) is 69.2 Å². The molecule has 0 spiro atoms. The molecule has 0 saturated heterocycles. The van der Waals surface area contributed by atoms with E-state index in [1.54, 1.807) is 7.11 Å². The predicted molar refractivity (Wildman–Crippen MR) is 97.3 cm³/mol. The van der Waals surface area contributed by atoms with Crippen LogP contribution in [0.5, 0.6) is 5.75 Å². The molecule has 0 N–H and O–H groups in total. The van der Waals surface area contributed by atoms with E-state index < -0.39 is 15.1 Å². The predicted octanol–water partition coefficient (Wildman–Crippen LogP) is 3.88. The maximum absolute atomic E-state index is 13.2. The molecule has 2 aromatic carbocycles. The Morgan fingerprint density at radius 3 is 2.58 bits per heavy atom. The van der Waals surface area contributed by atoms with Gasteiger partial charge in [0.05, 0.1) is 21.9 Å². The zero-order chi connectivity index (χ0) is 17.5. The molecule has 0 bridgehead atoms. The molecule has 1 heterocycles. The van der Waals surface area contributed by atoms with Crippen molar-refractivity contribution in [3.8, 4) is 17.0 Å². The molecule has 24 heavy (non-hydrogen) atoms. The third-order valence-corrected chi connectivity index (χ3v) is 5.30. The first-order valence-electron chi connectivity index (χ1n) is 6.85. The van der Waals surface area contributed by atoms with Crippen molar-refractivity contribution in [1.82, 2.24) is 9.97 Å². The summed E-state index contributed by atoms with van der Waals surface area (Å²) >= 11 is 2.19. The maximum atomic E-state index is 13.2. The van der Waals surface area contributed by atoms with E-state index in [0.717, 1.165) is 14.7 Å². The highest BCUT2D eigenvalue weighted by atomic mass is 127. The summed E-state index contributed by atoms with van der Waals surface area (Å²) in [5.41, 5.74) is 2.82. The molecule has 0 radical (unpaired) electrons. The van der Waals surface area contributed by atoms with Gasteiger partial charge in [-0.1, -0.05) is 0 Å². The van der Waals surface area contributed by atoms with Crippen LogP contribution in [0.25, 0.3) is 22.2 Å². The van der Waals surface area contributed by atoms with Crippen LogP contribution in [0.2, 0.25) is 0 Å². The summed E-state index contributed by atoms with van der Waals surface area (Å²) in [4.78, 5) is 7.96. The Balaban J connectivity index is 2.28. The summed E-state index contributed by atoms with van der Waals surface area (Å²) < 4.78 is 41.7. The highest BCUT2D eigenvalue weighted by Gasteiger charge is 2.16. The van der Waals surface area contributed by atoms with Gasteiger partial charge in [0.2, 0.25) is 0 Å². The van der Waals surface area contributed by atoms with E-state index in [1.807, 2.05) is 19.1 Å². The van der Waals surface area contributed by atoms with Crippen molar-refractivity contribution >= 4 is 43.7 Å². The van der Waals surface area contributed by atoms with Crippen LogP contribution in [0, 0.1) is 10.5 Å². The average molecular weight is 458 g/mol. The van der Waals surface area contributed by atoms with E-state index in [-0.39, 0.29) is 0 Å². The standard InChI is InChI=1S/C16H12FIN2O3S/c1-9-5-13(18)15(23-2)7-12(9)16-11-4-3-10(24(17,21)22)6-14(11)19-8-20-16/h3-8H,1-2H3. The van der Waals surface area contributed by atoms with Crippen LogP contribution in [-0.2, 0) is 10.2 Å². The molecule has 0 atom stereocenters. The molecule has 0 unspecified atom stereocenters. The van der Waals surface area contributed by atoms with Crippen LogP contribution in [-0.4, -0.2) is 25.5 Å². The fourth-order valence-electron chi connectivity index (χ4n) is 2.47. The summed E-state index contributed by atoms with van der Waals surface area (Å²) in [6.07, 6.45) is 1.33. The normalized spacial score (nSPS) is 11.7. The Morgan fingerprint density at radius 1 is 1.17 bits per heavy atom. The Morgan fingerprint density at radius 2 is 1.92 bits per heavy atom. The van der Waals surface area contributed by atoms with Crippen LogP contribution in [0.1, 0.15) is 5.56 Å². The number of aryl methyl sites for hydroxylation is 1. The third-order valence-electron chi connectivity index (χ3n) is 3.64. The lowest BCUT2D eigenvalue weighted by molar-refractivity contribution is 0.412. The molecule has 0 aliphatic rings. The molecule has 0 fully saturated rings.